The number of methoxy groups -OCH3 is 2. The maximum Gasteiger partial charge on any atom is 0.325 e. The van der Waals surface area contributed by atoms with Gasteiger partial charge in [-0.2, -0.15) is 0 Å². The van der Waals surface area contributed by atoms with E-state index < -0.39 is 11.9 Å². The van der Waals surface area contributed by atoms with Gasteiger partial charge in [0, 0.05) is 17.7 Å². The monoisotopic (exact) mass is 406 g/mol. The lowest BCUT2D eigenvalue weighted by atomic mass is 9.78. The summed E-state index contributed by atoms with van der Waals surface area (Å²) >= 11 is 0. The van der Waals surface area contributed by atoms with Gasteiger partial charge in [0.1, 0.15) is 18.0 Å². The van der Waals surface area contributed by atoms with Gasteiger partial charge in [-0.1, -0.05) is 26.7 Å². The minimum Gasteiger partial charge on any atom is -0.497 e. The van der Waals surface area contributed by atoms with Gasteiger partial charge in [-0.15, -0.1) is 0 Å². The average Bonchev–Trinajstić information content (AvgIpc) is 2.73. The highest BCUT2D eigenvalue weighted by Gasteiger charge is 2.28. The Morgan fingerprint density at radius 3 is 2.31 bits per heavy atom. The molecule has 1 aliphatic rings. The Bertz CT molecular complexity index is 714. The molecular formula is C21H30N2O6. The summed E-state index contributed by atoms with van der Waals surface area (Å²) in [7, 11) is 2.96. The molecule has 1 aliphatic carbocycles. The molecule has 3 atom stereocenters. The van der Waals surface area contributed by atoms with Crippen molar-refractivity contribution >= 4 is 17.8 Å². The van der Waals surface area contributed by atoms with E-state index in [1.54, 1.807) is 6.07 Å². The Labute approximate surface area is 171 Å². The van der Waals surface area contributed by atoms with Gasteiger partial charge in [-0.3, -0.25) is 14.4 Å². The summed E-state index contributed by atoms with van der Waals surface area (Å²) < 4.78 is 15.2. The molecule has 0 aliphatic heterocycles. The molecule has 2 N–H and O–H groups in total. The predicted octanol–water partition coefficient (Wildman–Crippen LogP) is 1.92. The lowest BCUT2D eigenvalue weighted by molar-refractivity contribution is -0.147. The van der Waals surface area contributed by atoms with Crippen molar-refractivity contribution in [2.45, 2.75) is 39.2 Å². The number of hydrogen-bond donors (Lipinski definition) is 2. The van der Waals surface area contributed by atoms with Crippen molar-refractivity contribution in [2.75, 3.05) is 27.4 Å². The molecule has 29 heavy (non-hydrogen) atoms. The predicted molar refractivity (Wildman–Crippen MR) is 107 cm³/mol. The summed E-state index contributed by atoms with van der Waals surface area (Å²) in [6.07, 6.45) is 3.18. The van der Waals surface area contributed by atoms with Gasteiger partial charge in [0.05, 0.1) is 14.2 Å². The van der Waals surface area contributed by atoms with Crippen molar-refractivity contribution in [2.24, 2.45) is 11.8 Å². The molecule has 0 bridgehead atoms. The van der Waals surface area contributed by atoms with E-state index in [1.807, 2.05) is 0 Å². The van der Waals surface area contributed by atoms with Gasteiger partial charge < -0.3 is 24.8 Å². The SMILES string of the molecule is COc1cc(OC)cc(C(=O)NCC(=O)OCC(=O)N[C@H]2CCC[C@@H](C)[C@H]2C)c1. The number of nitrogens with one attached hydrogen (secondary N) is 2. The molecule has 0 heterocycles. The second-order valence-electron chi connectivity index (χ2n) is 7.39. The zero-order chi connectivity index (χ0) is 21.4. The number of carbonyl (C=O) groups excluding carboxylic acids is 3. The molecule has 1 saturated carbocycles. The number of hydrogen-bond acceptors (Lipinski definition) is 6. The Kier molecular flexibility index (Phi) is 8.30. The maximum atomic E-state index is 12.2. The van der Waals surface area contributed by atoms with E-state index in [0.717, 1.165) is 12.8 Å². The van der Waals surface area contributed by atoms with Crippen molar-refractivity contribution in [1.82, 2.24) is 10.6 Å². The Morgan fingerprint density at radius 1 is 1.03 bits per heavy atom. The highest BCUT2D eigenvalue weighted by atomic mass is 16.5. The highest BCUT2D eigenvalue weighted by Crippen LogP contribution is 2.29. The molecule has 0 unspecified atom stereocenters. The van der Waals surface area contributed by atoms with Gasteiger partial charge in [0.15, 0.2) is 6.61 Å². The summed E-state index contributed by atoms with van der Waals surface area (Å²) in [6, 6.07) is 4.80. The summed E-state index contributed by atoms with van der Waals surface area (Å²) in [5.74, 6) is 0.375. The fourth-order valence-corrected chi connectivity index (χ4v) is 3.42. The van der Waals surface area contributed by atoms with Crippen LogP contribution >= 0.6 is 0 Å². The molecule has 0 spiro atoms. The molecule has 160 valence electrons. The number of carbonyl (C=O) groups is 3. The first-order valence-electron chi connectivity index (χ1n) is 9.80. The van der Waals surface area contributed by atoms with Crippen LogP contribution < -0.4 is 20.1 Å². The van der Waals surface area contributed by atoms with Crippen molar-refractivity contribution in [3.8, 4) is 11.5 Å². The van der Waals surface area contributed by atoms with Gasteiger partial charge in [0.25, 0.3) is 11.8 Å². The summed E-state index contributed by atoms with van der Waals surface area (Å²) in [5, 5.41) is 5.40. The fraction of sp³-hybridized carbons (Fsp3) is 0.571. The molecule has 2 amide bonds. The van der Waals surface area contributed by atoms with Crippen LogP contribution in [0.2, 0.25) is 0 Å². The van der Waals surface area contributed by atoms with Gasteiger partial charge in [0.2, 0.25) is 0 Å². The lowest BCUT2D eigenvalue weighted by Gasteiger charge is -2.34. The zero-order valence-corrected chi connectivity index (χ0v) is 17.4. The molecule has 0 radical (unpaired) electrons. The van der Waals surface area contributed by atoms with Crippen molar-refractivity contribution in [3.05, 3.63) is 23.8 Å². The molecule has 0 aromatic heterocycles. The third-order valence-corrected chi connectivity index (χ3v) is 5.42. The molecule has 8 nitrogen and oxygen atoms in total. The fourth-order valence-electron chi connectivity index (χ4n) is 3.42. The smallest absolute Gasteiger partial charge is 0.325 e. The van der Waals surface area contributed by atoms with E-state index in [2.05, 4.69) is 24.5 Å². The number of rotatable bonds is 8. The molecular weight excluding hydrogens is 376 g/mol. The van der Waals surface area contributed by atoms with E-state index in [-0.39, 0.29) is 30.7 Å². The second-order valence-corrected chi connectivity index (χ2v) is 7.39. The summed E-state index contributed by atoms with van der Waals surface area (Å²) in [4.78, 5) is 36.2. The third kappa shape index (κ3) is 6.66. The van der Waals surface area contributed by atoms with Crippen LogP contribution in [-0.2, 0) is 14.3 Å². The summed E-state index contributed by atoms with van der Waals surface area (Å²) in [5.41, 5.74) is 0.284. The van der Waals surface area contributed by atoms with Crippen LogP contribution in [0.25, 0.3) is 0 Å². The molecule has 1 aromatic rings. The second kappa shape index (κ2) is 10.7. The number of esters is 1. The maximum absolute atomic E-state index is 12.2. The highest BCUT2D eigenvalue weighted by molar-refractivity contribution is 5.96. The normalized spacial score (nSPS) is 21.0. The summed E-state index contributed by atoms with van der Waals surface area (Å²) in [6.45, 7) is 3.61. The first-order valence-corrected chi connectivity index (χ1v) is 9.80. The molecule has 0 saturated heterocycles. The minimum atomic E-state index is -0.687. The van der Waals surface area contributed by atoms with E-state index in [4.69, 9.17) is 14.2 Å². The Morgan fingerprint density at radius 2 is 1.69 bits per heavy atom. The lowest BCUT2D eigenvalue weighted by Crippen LogP contribution is -2.45. The van der Waals surface area contributed by atoms with Crippen molar-refractivity contribution < 1.29 is 28.6 Å². The topological polar surface area (TPSA) is 103 Å². The van der Waals surface area contributed by atoms with Crippen molar-refractivity contribution in [1.29, 1.82) is 0 Å². The number of ether oxygens (including phenoxy) is 3. The Balaban J connectivity index is 1.76. The first-order chi connectivity index (χ1) is 13.8. The molecule has 2 rings (SSSR count). The van der Waals surface area contributed by atoms with Crippen LogP contribution in [0.5, 0.6) is 11.5 Å². The van der Waals surface area contributed by atoms with Crippen molar-refractivity contribution in [3.63, 3.8) is 0 Å². The average molecular weight is 406 g/mol. The minimum absolute atomic E-state index is 0.104. The van der Waals surface area contributed by atoms with E-state index in [0.29, 0.717) is 23.3 Å². The van der Waals surface area contributed by atoms with Gasteiger partial charge in [-0.05, 0) is 30.4 Å². The van der Waals surface area contributed by atoms with E-state index in [9.17, 15) is 14.4 Å². The zero-order valence-electron chi connectivity index (χ0n) is 17.4. The van der Waals surface area contributed by atoms with Crippen LogP contribution in [0.4, 0.5) is 0 Å². The third-order valence-electron chi connectivity index (χ3n) is 5.42. The van der Waals surface area contributed by atoms with E-state index >= 15 is 0 Å². The van der Waals surface area contributed by atoms with Crippen LogP contribution in [0, 0.1) is 11.8 Å². The van der Waals surface area contributed by atoms with Gasteiger partial charge >= 0.3 is 5.97 Å². The van der Waals surface area contributed by atoms with Crippen LogP contribution in [0.1, 0.15) is 43.5 Å². The van der Waals surface area contributed by atoms with Gasteiger partial charge in [-0.25, -0.2) is 0 Å². The van der Waals surface area contributed by atoms with Crippen LogP contribution in [-0.4, -0.2) is 51.2 Å². The first kappa shape index (κ1) is 22.5. The number of benzene rings is 1. The molecule has 1 aromatic carbocycles. The number of amides is 2. The molecule has 1 fully saturated rings. The quantitative estimate of drug-likeness (QED) is 0.640. The standard InChI is InChI=1S/C21H30N2O6/c1-13-6-5-7-18(14(13)2)23-19(24)12-29-20(25)11-22-21(26)15-8-16(27-3)10-17(9-15)28-4/h8-10,13-14,18H,5-7,11-12H2,1-4H3,(H,22,26)(H,23,24)/t13-,14-,18+/m1/s1. The van der Waals surface area contributed by atoms with E-state index in [1.165, 1.54) is 32.8 Å². The largest absolute Gasteiger partial charge is 0.497 e. The Hall–Kier alpha value is -2.77. The van der Waals surface area contributed by atoms with Crippen LogP contribution in [0.3, 0.4) is 0 Å². The molecule has 8 heteroatoms. The van der Waals surface area contributed by atoms with Crippen LogP contribution in [0.15, 0.2) is 18.2 Å².